The number of aryl methyl sites for hydroxylation is 1. The summed E-state index contributed by atoms with van der Waals surface area (Å²) in [6.45, 7) is 6.38. The fourth-order valence-electron chi connectivity index (χ4n) is 3.69. The van der Waals surface area contributed by atoms with Crippen LogP contribution >= 0.6 is 0 Å². The van der Waals surface area contributed by atoms with Crippen LogP contribution in [-0.4, -0.2) is 43.3 Å². The first-order chi connectivity index (χ1) is 12.6. The van der Waals surface area contributed by atoms with E-state index in [-0.39, 0.29) is 11.9 Å². The fraction of sp³-hybridized carbons (Fsp3) is 0.421. The monoisotopic (exact) mass is 353 g/mol. The maximum absolute atomic E-state index is 13.3. The zero-order valence-electron chi connectivity index (χ0n) is 15.3. The Morgan fingerprint density at radius 3 is 2.88 bits per heavy atom. The summed E-state index contributed by atoms with van der Waals surface area (Å²) < 4.78 is 9.54. The summed E-state index contributed by atoms with van der Waals surface area (Å²) in [5.74, 6) is 1.68. The molecule has 1 aliphatic rings. The molecule has 0 N–H and O–H groups in total. The van der Waals surface area contributed by atoms with Crippen molar-refractivity contribution in [1.29, 1.82) is 0 Å². The lowest BCUT2D eigenvalue weighted by molar-refractivity contribution is 0.0631. The van der Waals surface area contributed by atoms with Gasteiger partial charge in [-0.1, -0.05) is 18.2 Å². The first-order valence-electron chi connectivity index (χ1n) is 8.96. The molecule has 1 amide bonds. The van der Waals surface area contributed by atoms with Gasteiger partial charge in [0.25, 0.3) is 5.91 Å². The Bertz CT molecular complexity index is 958. The van der Waals surface area contributed by atoms with Crippen LogP contribution in [0.5, 0.6) is 0 Å². The normalized spacial score (nSPS) is 16.9. The van der Waals surface area contributed by atoms with Crippen LogP contribution in [0.4, 0.5) is 0 Å². The summed E-state index contributed by atoms with van der Waals surface area (Å²) in [6.07, 6.45) is 1.92. The Hall–Kier alpha value is -2.67. The van der Waals surface area contributed by atoms with Crippen molar-refractivity contribution in [2.24, 2.45) is 7.05 Å². The topological polar surface area (TPSA) is 65.2 Å². The van der Waals surface area contributed by atoms with E-state index in [1.54, 1.807) is 0 Å². The van der Waals surface area contributed by atoms with Gasteiger partial charge in [-0.2, -0.15) is 0 Å². The smallest absolute Gasteiger partial charge is 0.256 e. The van der Waals surface area contributed by atoms with E-state index in [9.17, 15) is 4.79 Å². The molecule has 4 rings (SSSR count). The Balaban J connectivity index is 1.64. The molecule has 0 bridgehead atoms. The molecule has 0 fully saturated rings. The van der Waals surface area contributed by atoms with Gasteiger partial charge in [-0.3, -0.25) is 4.79 Å². The molecule has 0 unspecified atom stereocenters. The van der Waals surface area contributed by atoms with Gasteiger partial charge in [0, 0.05) is 43.8 Å². The third-order valence-corrected chi connectivity index (χ3v) is 5.09. The van der Waals surface area contributed by atoms with E-state index < -0.39 is 0 Å². The number of carbonyl (C=O) groups is 1. The van der Waals surface area contributed by atoms with Gasteiger partial charge in [0.2, 0.25) is 0 Å². The minimum absolute atomic E-state index is 0.0370. The SMILES string of the molecule is CCOCc1nnc2n1CCN(C(=O)c1cn(C)c3ccccc13)[C@H]2C. The number of ether oxygens (including phenoxy) is 1. The standard InChI is InChI=1S/C19H23N5O2/c1-4-26-12-17-20-21-18-13(2)23(9-10-24(17)18)19(25)15-11-22(3)16-8-6-5-7-14(15)16/h5-8,11,13H,4,9-10,12H2,1-3H3/t13-/m0/s1. The quantitative estimate of drug-likeness (QED) is 0.723. The van der Waals surface area contributed by atoms with E-state index in [4.69, 9.17) is 4.74 Å². The van der Waals surface area contributed by atoms with Crippen LogP contribution in [0.1, 0.15) is 41.9 Å². The number of benzene rings is 1. The minimum Gasteiger partial charge on any atom is -0.374 e. The van der Waals surface area contributed by atoms with Crippen LogP contribution in [0.3, 0.4) is 0 Å². The average molecular weight is 353 g/mol. The fourth-order valence-corrected chi connectivity index (χ4v) is 3.69. The highest BCUT2D eigenvalue weighted by molar-refractivity contribution is 6.07. The van der Waals surface area contributed by atoms with Crippen molar-refractivity contribution >= 4 is 16.8 Å². The molecule has 7 heteroatoms. The van der Waals surface area contributed by atoms with Crippen molar-refractivity contribution in [3.8, 4) is 0 Å². The molecule has 7 nitrogen and oxygen atoms in total. The van der Waals surface area contributed by atoms with Gasteiger partial charge in [-0.25, -0.2) is 0 Å². The summed E-state index contributed by atoms with van der Waals surface area (Å²) >= 11 is 0. The molecule has 3 heterocycles. The van der Waals surface area contributed by atoms with Crippen molar-refractivity contribution < 1.29 is 9.53 Å². The Morgan fingerprint density at radius 1 is 1.27 bits per heavy atom. The highest BCUT2D eigenvalue weighted by atomic mass is 16.5. The first kappa shape index (κ1) is 16.8. The van der Waals surface area contributed by atoms with Crippen LogP contribution in [0.25, 0.3) is 10.9 Å². The molecule has 26 heavy (non-hydrogen) atoms. The highest BCUT2D eigenvalue weighted by Crippen LogP contribution is 2.29. The minimum atomic E-state index is -0.127. The predicted molar refractivity (Wildman–Crippen MR) is 97.7 cm³/mol. The Kier molecular flexibility index (Phi) is 4.24. The lowest BCUT2D eigenvalue weighted by Gasteiger charge is -2.33. The summed E-state index contributed by atoms with van der Waals surface area (Å²) in [6, 6.07) is 7.86. The van der Waals surface area contributed by atoms with E-state index >= 15 is 0 Å². The van der Waals surface area contributed by atoms with Crippen molar-refractivity contribution in [2.75, 3.05) is 13.2 Å². The van der Waals surface area contributed by atoms with Crippen molar-refractivity contribution in [2.45, 2.75) is 33.0 Å². The number of aromatic nitrogens is 4. The van der Waals surface area contributed by atoms with Gasteiger partial charge in [0.05, 0.1) is 11.6 Å². The number of fused-ring (bicyclic) bond motifs is 2. The summed E-state index contributed by atoms with van der Waals surface area (Å²) in [5.41, 5.74) is 1.79. The predicted octanol–water partition coefficient (Wildman–Crippen LogP) is 2.52. The van der Waals surface area contributed by atoms with E-state index in [0.717, 1.165) is 28.1 Å². The Labute approximate surface area is 152 Å². The molecule has 3 aromatic rings. The van der Waals surface area contributed by atoms with Crippen molar-refractivity contribution in [1.82, 2.24) is 24.2 Å². The molecule has 0 radical (unpaired) electrons. The molecule has 1 atom stereocenters. The highest BCUT2D eigenvalue weighted by Gasteiger charge is 2.32. The number of carbonyl (C=O) groups excluding carboxylic acids is 1. The van der Waals surface area contributed by atoms with Crippen LogP contribution in [0, 0.1) is 0 Å². The number of rotatable bonds is 4. The van der Waals surface area contributed by atoms with Crippen LogP contribution in [0.2, 0.25) is 0 Å². The van der Waals surface area contributed by atoms with Crippen LogP contribution in [0.15, 0.2) is 30.5 Å². The zero-order chi connectivity index (χ0) is 18.3. The van der Waals surface area contributed by atoms with E-state index in [0.29, 0.717) is 26.3 Å². The number of amides is 1. The first-order valence-corrected chi connectivity index (χ1v) is 8.96. The molecule has 0 aliphatic carbocycles. The summed E-state index contributed by atoms with van der Waals surface area (Å²) in [4.78, 5) is 15.1. The van der Waals surface area contributed by atoms with Gasteiger partial charge in [-0.15, -0.1) is 10.2 Å². The molecule has 0 spiro atoms. The lowest BCUT2D eigenvalue weighted by atomic mass is 10.1. The van der Waals surface area contributed by atoms with Crippen LogP contribution < -0.4 is 0 Å². The zero-order valence-corrected chi connectivity index (χ0v) is 15.3. The number of hydrogen-bond acceptors (Lipinski definition) is 4. The number of para-hydroxylation sites is 1. The van der Waals surface area contributed by atoms with Crippen molar-refractivity contribution in [3.05, 3.63) is 47.7 Å². The maximum Gasteiger partial charge on any atom is 0.256 e. The van der Waals surface area contributed by atoms with Gasteiger partial charge < -0.3 is 18.8 Å². The molecular formula is C19H23N5O2. The molecule has 136 valence electrons. The molecule has 1 aromatic carbocycles. The molecule has 1 aliphatic heterocycles. The third-order valence-electron chi connectivity index (χ3n) is 5.09. The largest absolute Gasteiger partial charge is 0.374 e. The van der Waals surface area contributed by atoms with E-state index in [2.05, 4.69) is 14.8 Å². The third kappa shape index (κ3) is 2.59. The molecular weight excluding hydrogens is 330 g/mol. The number of nitrogens with zero attached hydrogens (tertiary/aromatic N) is 5. The second-order valence-electron chi connectivity index (χ2n) is 6.61. The summed E-state index contributed by atoms with van der Waals surface area (Å²) in [5, 5.41) is 9.55. The second-order valence-corrected chi connectivity index (χ2v) is 6.61. The number of hydrogen-bond donors (Lipinski definition) is 0. The van der Waals surface area contributed by atoms with Gasteiger partial charge >= 0.3 is 0 Å². The molecule has 0 saturated heterocycles. The van der Waals surface area contributed by atoms with E-state index in [1.807, 2.05) is 60.8 Å². The summed E-state index contributed by atoms with van der Waals surface area (Å²) in [7, 11) is 1.97. The molecule has 2 aromatic heterocycles. The molecule has 0 saturated carbocycles. The van der Waals surface area contributed by atoms with Crippen LogP contribution in [-0.2, 0) is 24.9 Å². The van der Waals surface area contributed by atoms with Crippen molar-refractivity contribution in [3.63, 3.8) is 0 Å². The van der Waals surface area contributed by atoms with E-state index in [1.165, 1.54) is 0 Å². The Morgan fingerprint density at radius 2 is 2.08 bits per heavy atom. The average Bonchev–Trinajstić information content (AvgIpc) is 3.22. The lowest BCUT2D eigenvalue weighted by Crippen LogP contribution is -2.41. The second kappa shape index (κ2) is 6.57. The van der Waals surface area contributed by atoms with Gasteiger partial charge in [0.15, 0.2) is 11.6 Å². The maximum atomic E-state index is 13.3. The van der Waals surface area contributed by atoms with Gasteiger partial charge in [-0.05, 0) is 19.9 Å². The van der Waals surface area contributed by atoms with Gasteiger partial charge in [0.1, 0.15) is 6.61 Å².